The lowest BCUT2D eigenvalue weighted by Crippen LogP contribution is -2.42. The van der Waals surface area contributed by atoms with Gasteiger partial charge in [-0.05, 0) is 30.6 Å². The van der Waals surface area contributed by atoms with Gasteiger partial charge in [0.15, 0.2) is 5.78 Å². The summed E-state index contributed by atoms with van der Waals surface area (Å²) in [6.45, 7) is 6.65. The zero-order valence-corrected chi connectivity index (χ0v) is 10.7. The second kappa shape index (κ2) is 4.18. The van der Waals surface area contributed by atoms with Crippen molar-refractivity contribution < 1.29 is 9.53 Å². The molecular weight excluding hydrogens is 214 g/mol. The smallest absolute Gasteiger partial charge is 0.183 e. The van der Waals surface area contributed by atoms with Crippen LogP contribution in [0.25, 0.3) is 0 Å². The van der Waals surface area contributed by atoms with Crippen LogP contribution in [0.3, 0.4) is 0 Å². The van der Waals surface area contributed by atoms with Gasteiger partial charge >= 0.3 is 0 Å². The zero-order chi connectivity index (χ0) is 12.6. The van der Waals surface area contributed by atoms with Crippen LogP contribution in [0.15, 0.2) is 11.8 Å². The minimum atomic E-state index is -0.104. The van der Waals surface area contributed by atoms with E-state index in [1.165, 1.54) is 6.26 Å². The first kappa shape index (κ1) is 12.2. The van der Waals surface area contributed by atoms with Crippen LogP contribution in [-0.4, -0.2) is 11.9 Å². The summed E-state index contributed by atoms with van der Waals surface area (Å²) >= 11 is 0. The first-order valence-electron chi connectivity index (χ1n) is 6.23. The van der Waals surface area contributed by atoms with Gasteiger partial charge < -0.3 is 4.74 Å². The number of hydrogen-bond acceptors (Lipinski definition) is 3. The summed E-state index contributed by atoms with van der Waals surface area (Å²) < 4.78 is 5.51. The van der Waals surface area contributed by atoms with Crippen molar-refractivity contribution in [2.75, 3.05) is 0 Å². The topological polar surface area (TPSA) is 50.1 Å². The van der Waals surface area contributed by atoms with E-state index in [1.54, 1.807) is 0 Å². The van der Waals surface area contributed by atoms with Gasteiger partial charge in [-0.1, -0.05) is 20.8 Å². The van der Waals surface area contributed by atoms with Gasteiger partial charge in [-0.25, -0.2) is 0 Å². The van der Waals surface area contributed by atoms with Crippen molar-refractivity contribution in [2.24, 2.45) is 17.3 Å². The molecule has 3 nitrogen and oxygen atoms in total. The molecule has 1 saturated carbocycles. The molecule has 3 unspecified atom stereocenters. The average molecular weight is 233 g/mol. The Morgan fingerprint density at radius 1 is 1.41 bits per heavy atom. The third kappa shape index (κ3) is 2.22. The Balaban J connectivity index is 2.17. The van der Waals surface area contributed by atoms with E-state index in [0.717, 1.165) is 19.3 Å². The Morgan fingerprint density at radius 3 is 2.71 bits per heavy atom. The van der Waals surface area contributed by atoms with Gasteiger partial charge in [0.05, 0.1) is 5.92 Å². The Morgan fingerprint density at radius 2 is 2.12 bits per heavy atom. The van der Waals surface area contributed by atoms with Crippen LogP contribution < -0.4 is 0 Å². The number of allylic oxidation sites excluding steroid dienone is 1. The first-order valence-corrected chi connectivity index (χ1v) is 6.23. The van der Waals surface area contributed by atoms with Gasteiger partial charge in [-0.15, -0.1) is 0 Å². The van der Waals surface area contributed by atoms with E-state index in [0.29, 0.717) is 5.92 Å². The molecule has 2 rings (SSSR count). The fourth-order valence-corrected chi connectivity index (χ4v) is 2.86. The molecule has 0 radical (unpaired) electrons. The Bertz CT molecular complexity index is 397. The number of rotatable bonds is 0. The van der Waals surface area contributed by atoms with Gasteiger partial charge in [0.1, 0.15) is 24.0 Å². The highest BCUT2D eigenvalue weighted by Crippen LogP contribution is 2.43. The predicted molar refractivity (Wildman–Crippen MR) is 63.9 cm³/mol. The van der Waals surface area contributed by atoms with E-state index >= 15 is 0 Å². The lowest BCUT2D eigenvalue weighted by atomic mass is 9.66. The zero-order valence-electron chi connectivity index (χ0n) is 10.7. The minimum Gasteiger partial charge on any atom is -0.496 e. The third-order valence-corrected chi connectivity index (χ3v) is 4.09. The number of Topliss-reactive ketones (excluding diaryl/α,β-unsaturated/α-hetero) is 1. The summed E-state index contributed by atoms with van der Waals surface area (Å²) in [4.78, 5) is 12.1. The van der Waals surface area contributed by atoms with Crippen molar-refractivity contribution in [1.29, 1.82) is 5.26 Å². The maximum Gasteiger partial charge on any atom is 0.183 e. The molecule has 3 heteroatoms. The van der Waals surface area contributed by atoms with E-state index in [1.807, 2.05) is 6.07 Å². The number of carbonyl (C=O) groups is 1. The Kier molecular flexibility index (Phi) is 2.99. The van der Waals surface area contributed by atoms with E-state index in [2.05, 4.69) is 20.8 Å². The normalized spacial score (nSPS) is 33.2. The van der Waals surface area contributed by atoms with Crippen LogP contribution >= 0.6 is 0 Å². The summed E-state index contributed by atoms with van der Waals surface area (Å²) in [6, 6.07) is 1.93. The third-order valence-electron chi connectivity index (χ3n) is 4.09. The Hall–Kier alpha value is -1.30. The monoisotopic (exact) mass is 233 g/mol. The molecule has 1 heterocycles. The predicted octanol–water partition coefficient (Wildman–Crippen LogP) is 2.82. The summed E-state index contributed by atoms with van der Waals surface area (Å²) in [5.74, 6) is 0.416. The molecule has 0 bridgehead atoms. The molecule has 0 aromatic heterocycles. The number of nitriles is 1. The molecule has 1 aliphatic carbocycles. The van der Waals surface area contributed by atoms with Gasteiger partial charge in [0.25, 0.3) is 0 Å². The standard InChI is InChI=1S/C14H19NO2/c1-14(2,3)10-4-5-12-11(6-10)13(16)9(7-15)8-17-12/h8,10-12H,4-6H2,1-3H3. The number of hydrogen-bond donors (Lipinski definition) is 0. The molecule has 0 N–H and O–H groups in total. The van der Waals surface area contributed by atoms with Crippen molar-refractivity contribution in [1.82, 2.24) is 0 Å². The molecule has 2 aliphatic rings. The summed E-state index contributed by atoms with van der Waals surface area (Å²) in [6.07, 6.45) is 4.23. The molecule has 0 saturated heterocycles. The fourth-order valence-electron chi connectivity index (χ4n) is 2.86. The number of ketones is 1. The molecule has 0 amide bonds. The average Bonchev–Trinajstić information content (AvgIpc) is 2.28. The van der Waals surface area contributed by atoms with E-state index in [-0.39, 0.29) is 28.8 Å². The van der Waals surface area contributed by atoms with E-state index in [4.69, 9.17) is 10.00 Å². The van der Waals surface area contributed by atoms with Crippen molar-refractivity contribution in [3.63, 3.8) is 0 Å². The van der Waals surface area contributed by atoms with Gasteiger partial charge in [-0.3, -0.25) is 4.79 Å². The van der Waals surface area contributed by atoms with E-state index < -0.39 is 0 Å². The van der Waals surface area contributed by atoms with Crippen molar-refractivity contribution in [3.8, 4) is 6.07 Å². The van der Waals surface area contributed by atoms with Gasteiger partial charge in [-0.2, -0.15) is 5.26 Å². The summed E-state index contributed by atoms with van der Waals surface area (Å²) in [5.41, 5.74) is 0.403. The second-order valence-electron chi connectivity index (χ2n) is 6.16. The maximum atomic E-state index is 12.1. The van der Waals surface area contributed by atoms with Crippen LogP contribution in [0, 0.1) is 28.6 Å². The first-order chi connectivity index (χ1) is 7.93. The molecule has 1 fully saturated rings. The molecule has 0 aromatic rings. The van der Waals surface area contributed by atoms with Crippen LogP contribution in [0.5, 0.6) is 0 Å². The van der Waals surface area contributed by atoms with Crippen LogP contribution in [0.4, 0.5) is 0 Å². The second-order valence-corrected chi connectivity index (χ2v) is 6.16. The van der Waals surface area contributed by atoms with Crippen LogP contribution in [0.1, 0.15) is 40.0 Å². The van der Waals surface area contributed by atoms with Gasteiger partial charge in [0, 0.05) is 0 Å². The SMILES string of the molecule is CC(C)(C)C1CCC2OC=C(C#N)C(=O)C2C1. The number of carbonyl (C=O) groups excluding carboxylic acids is 1. The number of nitrogens with zero attached hydrogens (tertiary/aromatic N) is 1. The number of fused-ring (bicyclic) bond motifs is 1. The molecule has 17 heavy (non-hydrogen) atoms. The summed E-state index contributed by atoms with van der Waals surface area (Å²) in [5, 5.41) is 8.86. The lowest BCUT2D eigenvalue weighted by molar-refractivity contribution is -0.128. The highest BCUT2D eigenvalue weighted by atomic mass is 16.5. The highest BCUT2D eigenvalue weighted by Gasteiger charge is 2.42. The van der Waals surface area contributed by atoms with E-state index in [9.17, 15) is 4.79 Å². The molecule has 3 atom stereocenters. The Labute approximate surface area is 102 Å². The molecule has 92 valence electrons. The molecule has 1 aliphatic heterocycles. The fraction of sp³-hybridized carbons (Fsp3) is 0.714. The summed E-state index contributed by atoms with van der Waals surface area (Å²) in [7, 11) is 0. The van der Waals surface area contributed by atoms with Crippen LogP contribution in [-0.2, 0) is 9.53 Å². The van der Waals surface area contributed by atoms with Crippen molar-refractivity contribution in [3.05, 3.63) is 11.8 Å². The maximum absolute atomic E-state index is 12.1. The quantitative estimate of drug-likeness (QED) is 0.646. The van der Waals surface area contributed by atoms with Gasteiger partial charge in [0.2, 0.25) is 0 Å². The molecule has 0 spiro atoms. The number of ether oxygens (including phenoxy) is 1. The van der Waals surface area contributed by atoms with Crippen LogP contribution in [0.2, 0.25) is 0 Å². The largest absolute Gasteiger partial charge is 0.496 e. The molecular formula is C14H19NO2. The lowest BCUT2D eigenvalue weighted by Gasteiger charge is -2.41. The highest BCUT2D eigenvalue weighted by molar-refractivity contribution is 6.01. The molecule has 0 aromatic carbocycles. The van der Waals surface area contributed by atoms with Crippen molar-refractivity contribution >= 4 is 5.78 Å². The minimum absolute atomic E-state index is 0.00167. The van der Waals surface area contributed by atoms with Crippen molar-refractivity contribution in [2.45, 2.75) is 46.1 Å².